The van der Waals surface area contributed by atoms with Crippen molar-refractivity contribution in [2.24, 2.45) is 5.92 Å². The van der Waals surface area contributed by atoms with Crippen LogP contribution in [-0.2, 0) is 6.54 Å². The van der Waals surface area contributed by atoms with Crippen LogP contribution in [0.2, 0.25) is 0 Å². The van der Waals surface area contributed by atoms with Crippen molar-refractivity contribution in [3.8, 4) is 0 Å². The van der Waals surface area contributed by atoms with Crippen LogP contribution in [0.25, 0.3) is 0 Å². The number of carbonyl (C=O) groups is 1. The molecule has 0 unspecified atom stereocenters. The summed E-state index contributed by atoms with van der Waals surface area (Å²) in [6, 6.07) is 4.78. The Bertz CT molecular complexity index is 707. The summed E-state index contributed by atoms with van der Waals surface area (Å²) in [7, 11) is 0. The van der Waals surface area contributed by atoms with Crippen molar-refractivity contribution < 1.29 is 18.0 Å². The van der Waals surface area contributed by atoms with Gasteiger partial charge in [-0.15, -0.1) is 0 Å². The van der Waals surface area contributed by atoms with E-state index in [0.717, 1.165) is 19.4 Å². The molecule has 1 fully saturated rings. The lowest BCUT2D eigenvalue weighted by atomic mass is 9.96. The predicted molar refractivity (Wildman–Crippen MR) is 89.6 cm³/mol. The van der Waals surface area contributed by atoms with E-state index >= 15 is 0 Å². The quantitative estimate of drug-likeness (QED) is 0.883. The van der Waals surface area contributed by atoms with E-state index in [0.29, 0.717) is 24.6 Å². The van der Waals surface area contributed by atoms with Gasteiger partial charge in [0.1, 0.15) is 12.4 Å². The van der Waals surface area contributed by atoms with Gasteiger partial charge in [-0.25, -0.2) is 4.98 Å². The largest absolute Gasteiger partial charge is 0.405 e. The number of carbonyl (C=O) groups excluding carboxylic acids is 1. The maximum Gasteiger partial charge on any atom is 0.405 e. The number of halogens is 3. The predicted octanol–water partition coefficient (Wildman–Crippen LogP) is 2.80. The summed E-state index contributed by atoms with van der Waals surface area (Å²) in [5.74, 6) is 0.431. The van der Waals surface area contributed by atoms with Crippen molar-refractivity contribution in [1.82, 2.24) is 19.7 Å². The first kappa shape index (κ1) is 18.2. The summed E-state index contributed by atoms with van der Waals surface area (Å²) in [6.07, 6.45) is 2.47. The van der Waals surface area contributed by atoms with Crippen LogP contribution < -0.4 is 5.32 Å². The second-order valence-electron chi connectivity index (χ2n) is 6.36. The van der Waals surface area contributed by atoms with Crippen LogP contribution in [0.4, 0.5) is 19.0 Å². The molecule has 0 spiro atoms. The Kier molecular flexibility index (Phi) is 5.43. The van der Waals surface area contributed by atoms with E-state index in [1.807, 2.05) is 16.9 Å². The number of rotatable bonds is 5. The number of nitrogens with zero attached hydrogens (tertiary/aromatic N) is 4. The van der Waals surface area contributed by atoms with Crippen LogP contribution in [0.15, 0.2) is 36.8 Å². The molecule has 3 heterocycles. The lowest BCUT2D eigenvalue weighted by Gasteiger charge is -2.32. The summed E-state index contributed by atoms with van der Waals surface area (Å²) >= 11 is 0. The zero-order valence-electron chi connectivity index (χ0n) is 14.1. The van der Waals surface area contributed by atoms with Gasteiger partial charge in [0.2, 0.25) is 0 Å². The monoisotopic (exact) mass is 367 g/mol. The Morgan fingerprint density at radius 3 is 2.62 bits per heavy atom. The van der Waals surface area contributed by atoms with Crippen molar-refractivity contribution in [3.05, 3.63) is 42.4 Å². The first-order chi connectivity index (χ1) is 12.4. The Labute approximate surface area is 149 Å². The molecule has 1 aliphatic rings. The molecule has 0 bridgehead atoms. The first-order valence-electron chi connectivity index (χ1n) is 8.44. The molecule has 0 saturated carbocycles. The third-order valence-corrected chi connectivity index (χ3v) is 4.39. The third-order valence-electron chi connectivity index (χ3n) is 4.39. The van der Waals surface area contributed by atoms with Crippen LogP contribution in [0.3, 0.4) is 0 Å². The van der Waals surface area contributed by atoms with Crippen LogP contribution >= 0.6 is 0 Å². The van der Waals surface area contributed by atoms with E-state index in [1.54, 1.807) is 11.1 Å². The highest BCUT2D eigenvalue weighted by Crippen LogP contribution is 2.21. The number of alkyl halides is 3. The molecule has 1 aliphatic heterocycles. The molecular formula is C17H20F3N5O. The van der Waals surface area contributed by atoms with E-state index in [-0.39, 0.29) is 11.7 Å². The minimum absolute atomic E-state index is 0.0943. The molecular weight excluding hydrogens is 347 g/mol. The van der Waals surface area contributed by atoms with E-state index < -0.39 is 12.7 Å². The molecule has 2 aromatic heterocycles. The first-order valence-corrected chi connectivity index (χ1v) is 8.44. The van der Waals surface area contributed by atoms with Gasteiger partial charge in [0, 0.05) is 38.2 Å². The van der Waals surface area contributed by atoms with Gasteiger partial charge in [-0.3, -0.25) is 9.48 Å². The highest BCUT2D eigenvalue weighted by Gasteiger charge is 2.27. The van der Waals surface area contributed by atoms with Gasteiger partial charge in [0.05, 0.1) is 5.56 Å². The average molecular weight is 367 g/mol. The number of hydrogen-bond acceptors (Lipinski definition) is 4. The molecule has 26 heavy (non-hydrogen) atoms. The second-order valence-corrected chi connectivity index (χ2v) is 6.36. The summed E-state index contributed by atoms with van der Waals surface area (Å²) in [5, 5.41) is 6.39. The lowest BCUT2D eigenvalue weighted by Crippen LogP contribution is -2.39. The van der Waals surface area contributed by atoms with E-state index in [1.165, 1.54) is 18.3 Å². The highest BCUT2D eigenvalue weighted by atomic mass is 19.4. The number of hydrogen-bond donors (Lipinski definition) is 1. The molecule has 0 aromatic carbocycles. The molecule has 6 nitrogen and oxygen atoms in total. The Morgan fingerprint density at radius 2 is 2.04 bits per heavy atom. The zero-order valence-corrected chi connectivity index (χ0v) is 14.1. The zero-order chi connectivity index (χ0) is 18.6. The molecule has 0 atom stereocenters. The summed E-state index contributed by atoms with van der Waals surface area (Å²) < 4.78 is 38.5. The minimum Gasteiger partial charge on any atom is -0.361 e. The summed E-state index contributed by atoms with van der Waals surface area (Å²) in [6.45, 7) is 0.991. The van der Waals surface area contributed by atoms with Gasteiger partial charge in [-0.2, -0.15) is 18.3 Å². The summed E-state index contributed by atoms with van der Waals surface area (Å²) in [4.78, 5) is 18.2. The molecule has 2 aromatic rings. The average Bonchev–Trinajstić information content (AvgIpc) is 3.13. The fourth-order valence-corrected chi connectivity index (χ4v) is 2.99. The fraction of sp³-hybridized carbons (Fsp3) is 0.471. The van der Waals surface area contributed by atoms with Crippen molar-refractivity contribution in [2.75, 3.05) is 25.0 Å². The van der Waals surface area contributed by atoms with Gasteiger partial charge in [0.25, 0.3) is 5.91 Å². The van der Waals surface area contributed by atoms with Crippen molar-refractivity contribution in [3.63, 3.8) is 0 Å². The van der Waals surface area contributed by atoms with Gasteiger partial charge < -0.3 is 10.2 Å². The van der Waals surface area contributed by atoms with Crippen LogP contribution in [0, 0.1) is 5.92 Å². The molecule has 140 valence electrons. The molecule has 1 saturated heterocycles. The number of anilines is 1. The van der Waals surface area contributed by atoms with Gasteiger partial charge in [0.15, 0.2) is 0 Å². The Balaban J connectivity index is 1.50. The normalized spacial score (nSPS) is 15.9. The molecule has 3 rings (SSSR count). The number of amides is 1. The highest BCUT2D eigenvalue weighted by molar-refractivity contribution is 5.94. The second kappa shape index (κ2) is 7.76. The fourth-order valence-electron chi connectivity index (χ4n) is 2.99. The van der Waals surface area contributed by atoms with E-state index in [9.17, 15) is 18.0 Å². The Morgan fingerprint density at radius 1 is 1.27 bits per heavy atom. The standard InChI is InChI=1S/C17H20F3N5O/c18-17(19,20)12-22-15-3-2-14(10-21-15)16(26)24-8-4-13(5-9-24)11-25-7-1-6-23-25/h1-3,6-7,10,13H,4-5,8-9,11-12H2,(H,21,22). The van der Waals surface area contributed by atoms with Crippen molar-refractivity contribution in [2.45, 2.75) is 25.6 Å². The minimum atomic E-state index is -4.31. The summed E-state index contributed by atoms with van der Waals surface area (Å²) in [5.41, 5.74) is 0.382. The molecule has 1 amide bonds. The molecule has 1 N–H and O–H groups in total. The third kappa shape index (κ3) is 4.96. The molecule has 0 aliphatic carbocycles. The molecule has 0 radical (unpaired) electrons. The molecule has 9 heteroatoms. The van der Waals surface area contributed by atoms with Crippen LogP contribution in [-0.4, -0.2) is 51.4 Å². The van der Waals surface area contributed by atoms with Crippen LogP contribution in [0.5, 0.6) is 0 Å². The Hall–Kier alpha value is -2.58. The lowest BCUT2D eigenvalue weighted by molar-refractivity contribution is -0.115. The topological polar surface area (TPSA) is 63.1 Å². The van der Waals surface area contributed by atoms with Gasteiger partial charge in [-0.05, 0) is 37.0 Å². The van der Waals surface area contributed by atoms with Crippen molar-refractivity contribution >= 4 is 11.7 Å². The van der Waals surface area contributed by atoms with Gasteiger partial charge in [-0.1, -0.05) is 0 Å². The van der Waals surface area contributed by atoms with Crippen molar-refractivity contribution in [1.29, 1.82) is 0 Å². The van der Waals surface area contributed by atoms with E-state index in [4.69, 9.17) is 0 Å². The maximum absolute atomic E-state index is 12.5. The van der Waals surface area contributed by atoms with Gasteiger partial charge >= 0.3 is 6.18 Å². The van der Waals surface area contributed by atoms with Crippen LogP contribution in [0.1, 0.15) is 23.2 Å². The number of piperidine rings is 1. The smallest absolute Gasteiger partial charge is 0.361 e. The number of pyridine rings is 1. The SMILES string of the molecule is O=C(c1ccc(NCC(F)(F)F)nc1)N1CCC(Cn2cccn2)CC1. The number of likely N-dealkylation sites (tertiary alicyclic amines) is 1. The maximum atomic E-state index is 12.5. The van der Waals surface area contributed by atoms with E-state index in [2.05, 4.69) is 15.4 Å². The number of nitrogens with one attached hydrogen (secondary N) is 1. The number of aromatic nitrogens is 3.